The minimum absolute atomic E-state index is 0.0313. The second kappa shape index (κ2) is 7.85. The van der Waals surface area contributed by atoms with Crippen LogP contribution in [-0.4, -0.2) is 25.1 Å². The number of ether oxygens (including phenoxy) is 1. The third kappa shape index (κ3) is 5.17. The summed E-state index contributed by atoms with van der Waals surface area (Å²) in [6.07, 6.45) is 0. The summed E-state index contributed by atoms with van der Waals surface area (Å²) in [7, 11) is 0. The number of hydrogen-bond acceptors (Lipinski definition) is 3. The molecule has 0 aliphatic rings. The zero-order chi connectivity index (χ0) is 15.1. The molecule has 5 heteroatoms. The molecular formula is C15H23FN2O2. The van der Waals surface area contributed by atoms with Crippen molar-refractivity contribution in [2.45, 2.75) is 39.8 Å². The summed E-state index contributed by atoms with van der Waals surface area (Å²) in [6.45, 7) is 8.39. The highest BCUT2D eigenvalue weighted by Crippen LogP contribution is 2.26. The molecule has 1 atom stereocenters. The molecule has 0 spiro atoms. The number of rotatable bonds is 7. The van der Waals surface area contributed by atoms with E-state index in [4.69, 9.17) is 4.74 Å². The van der Waals surface area contributed by atoms with E-state index >= 15 is 0 Å². The minimum atomic E-state index is -0.378. The van der Waals surface area contributed by atoms with E-state index in [1.165, 1.54) is 12.1 Å². The van der Waals surface area contributed by atoms with Gasteiger partial charge in [0.1, 0.15) is 11.6 Å². The van der Waals surface area contributed by atoms with Crippen LogP contribution in [0.2, 0.25) is 0 Å². The molecule has 0 fully saturated rings. The van der Waals surface area contributed by atoms with Crippen molar-refractivity contribution in [2.75, 3.05) is 13.2 Å². The molecule has 0 saturated carbocycles. The van der Waals surface area contributed by atoms with Gasteiger partial charge in [-0.1, -0.05) is 13.0 Å². The average molecular weight is 282 g/mol. The molecule has 1 unspecified atom stereocenters. The summed E-state index contributed by atoms with van der Waals surface area (Å²) < 4.78 is 18.8. The highest BCUT2D eigenvalue weighted by molar-refractivity contribution is 5.77. The fourth-order valence-electron chi connectivity index (χ4n) is 1.91. The molecule has 20 heavy (non-hydrogen) atoms. The van der Waals surface area contributed by atoms with Gasteiger partial charge in [-0.05, 0) is 33.4 Å². The molecule has 0 aliphatic carbocycles. The van der Waals surface area contributed by atoms with E-state index in [1.807, 2.05) is 27.7 Å². The van der Waals surface area contributed by atoms with Crippen molar-refractivity contribution >= 4 is 5.91 Å². The molecule has 1 rings (SSSR count). The SMILES string of the molecule is CCNC(C)c1ccc(F)cc1OCC(=O)NC(C)C. The van der Waals surface area contributed by atoms with E-state index in [2.05, 4.69) is 10.6 Å². The second-order valence-corrected chi connectivity index (χ2v) is 4.97. The summed E-state index contributed by atoms with van der Waals surface area (Å²) in [4.78, 5) is 11.6. The maximum absolute atomic E-state index is 13.3. The van der Waals surface area contributed by atoms with Crippen LogP contribution in [-0.2, 0) is 4.79 Å². The molecule has 0 bridgehead atoms. The van der Waals surface area contributed by atoms with Gasteiger partial charge >= 0.3 is 0 Å². The summed E-state index contributed by atoms with van der Waals surface area (Å²) >= 11 is 0. The Hall–Kier alpha value is -1.62. The van der Waals surface area contributed by atoms with Gasteiger partial charge in [-0.2, -0.15) is 0 Å². The first-order valence-electron chi connectivity index (χ1n) is 6.89. The normalized spacial score (nSPS) is 12.3. The lowest BCUT2D eigenvalue weighted by molar-refractivity contribution is -0.123. The highest BCUT2D eigenvalue weighted by atomic mass is 19.1. The predicted octanol–water partition coefficient (Wildman–Crippen LogP) is 2.40. The summed E-state index contributed by atoms with van der Waals surface area (Å²) in [5.41, 5.74) is 0.839. The third-order valence-electron chi connectivity index (χ3n) is 2.76. The number of carbonyl (C=O) groups is 1. The van der Waals surface area contributed by atoms with Crippen LogP contribution in [0.3, 0.4) is 0 Å². The number of hydrogen-bond donors (Lipinski definition) is 2. The van der Waals surface area contributed by atoms with Gasteiger partial charge in [0.15, 0.2) is 6.61 Å². The van der Waals surface area contributed by atoms with Gasteiger partial charge in [0, 0.05) is 23.7 Å². The molecule has 1 aromatic rings. The Balaban J connectivity index is 2.77. The number of amides is 1. The summed E-state index contributed by atoms with van der Waals surface area (Å²) in [5.74, 6) is -0.194. The molecule has 0 aromatic heterocycles. The van der Waals surface area contributed by atoms with Crippen LogP contribution in [0, 0.1) is 5.82 Å². The van der Waals surface area contributed by atoms with Gasteiger partial charge in [-0.25, -0.2) is 4.39 Å². The van der Waals surface area contributed by atoms with Crippen molar-refractivity contribution in [3.8, 4) is 5.75 Å². The molecule has 0 heterocycles. The van der Waals surface area contributed by atoms with Gasteiger partial charge in [0.05, 0.1) is 0 Å². The van der Waals surface area contributed by atoms with Crippen molar-refractivity contribution in [2.24, 2.45) is 0 Å². The van der Waals surface area contributed by atoms with Crippen LogP contribution in [0.4, 0.5) is 4.39 Å². The first-order valence-corrected chi connectivity index (χ1v) is 6.89. The van der Waals surface area contributed by atoms with Gasteiger partial charge in [0.2, 0.25) is 0 Å². The maximum Gasteiger partial charge on any atom is 0.258 e. The maximum atomic E-state index is 13.3. The van der Waals surface area contributed by atoms with E-state index in [0.717, 1.165) is 12.1 Å². The van der Waals surface area contributed by atoms with Crippen LogP contribution in [0.1, 0.15) is 39.3 Å². The average Bonchev–Trinajstić information content (AvgIpc) is 2.36. The first kappa shape index (κ1) is 16.4. The molecule has 2 N–H and O–H groups in total. The van der Waals surface area contributed by atoms with Crippen LogP contribution in [0.5, 0.6) is 5.75 Å². The Labute approximate surface area is 119 Å². The Kier molecular flexibility index (Phi) is 6.45. The Morgan fingerprint density at radius 3 is 2.65 bits per heavy atom. The number of carbonyl (C=O) groups excluding carboxylic acids is 1. The van der Waals surface area contributed by atoms with E-state index < -0.39 is 0 Å². The van der Waals surface area contributed by atoms with Crippen molar-refractivity contribution < 1.29 is 13.9 Å². The van der Waals surface area contributed by atoms with Crippen LogP contribution < -0.4 is 15.4 Å². The van der Waals surface area contributed by atoms with Crippen molar-refractivity contribution in [3.63, 3.8) is 0 Å². The Bertz CT molecular complexity index is 449. The second-order valence-electron chi connectivity index (χ2n) is 4.97. The zero-order valence-corrected chi connectivity index (χ0v) is 12.5. The fourth-order valence-corrected chi connectivity index (χ4v) is 1.91. The third-order valence-corrected chi connectivity index (χ3v) is 2.76. The molecular weight excluding hydrogens is 259 g/mol. The molecule has 4 nitrogen and oxygen atoms in total. The van der Waals surface area contributed by atoms with Crippen LogP contribution in [0.15, 0.2) is 18.2 Å². The Morgan fingerprint density at radius 1 is 1.35 bits per heavy atom. The lowest BCUT2D eigenvalue weighted by Gasteiger charge is -2.18. The molecule has 0 radical (unpaired) electrons. The Morgan fingerprint density at radius 2 is 2.05 bits per heavy atom. The lowest BCUT2D eigenvalue weighted by atomic mass is 10.1. The first-order chi connectivity index (χ1) is 9.43. The van der Waals surface area contributed by atoms with E-state index in [1.54, 1.807) is 6.07 Å². The van der Waals surface area contributed by atoms with Crippen LogP contribution in [0.25, 0.3) is 0 Å². The van der Waals surface area contributed by atoms with Crippen molar-refractivity contribution in [1.82, 2.24) is 10.6 Å². The predicted molar refractivity (Wildman–Crippen MR) is 77.3 cm³/mol. The molecule has 112 valence electrons. The number of halogens is 1. The minimum Gasteiger partial charge on any atom is -0.483 e. The van der Waals surface area contributed by atoms with Gasteiger partial charge in [-0.15, -0.1) is 0 Å². The van der Waals surface area contributed by atoms with E-state index in [-0.39, 0.29) is 30.4 Å². The van der Waals surface area contributed by atoms with Crippen molar-refractivity contribution in [3.05, 3.63) is 29.6 Å². The van der Waals surface area contributed by atoms with E-state index in [0.29, 0.717) is 5.75 Å². The quantitative estimate of drug-likeness (QED) is 0.807. The van der Waals surface area contributed by atoms with Gasteiger partial charge in [-0.3, -0.25) is 4.79 Å². The van der Waals surface area contributed by atoms with E-state index in [9.17, 15) is 9.18 Å². The van der Waals surface area contributed by atoms with Crippen molar-refractivity contribution in [1.29, 1.82) is 0 Å². The molecule has 1 aromatic carbocycles. The smallest absolute Gasteiger partial charge is 0.258 e. The number of benzene rings is 1. The topological polar surface area (TPSA) is 50.4 Å². The monoisotopic (exact) mass is 282 g/mol. The largest absolute Gasteiger partial charge is 0.483 e. The fraction of sp³-hybridized carbons (Fsp3) is 0.533. The lowest BCUT2D eigenvalue weighted by Crippen LogP contribution is -2.34. The highest BCUT2D eigenvalue weighted by Gasteiger charge is 2.13. The van der Waals surface area contributed by atoms with Gasteiger partial charge < -0.3 is 15.4 Å². The molecule has 0 saturated heterocycles. The molecule has 1 amide bonds. The summed E-state index contributed by atoms with van der Waals surface area (Å²) in [5, 5.41) is 5.97. The van der Waals surface area contributed by atoms with Crippen LogP contribution >= 0.6 is 0 Å². The molecule has 0 aliphatic heterocycles. The zero-order valence-electron chi connectivity index (χ0n) is 12.5. The van der Waals surface area contributed by atoms with Gasteiger partial charge in [0.25, 0.3) is 5.91 Å². The number of nitrogens with one attached hydrogen (secondary N) is 2. The standard InChI is InChI=1S/C15H23FN2O2/c1-5-17-11(4)13-7-6-12(16)8-14(13)20-9-15(19)18-10(2)3/h6-8,10-11,17H,5,9H2,1-4H3,(H,18,19). The summed E-state index contributed by atoms with van der Waals surface area (Å²) in [6, 6.07) is 4.47.